The van der Waals surface area contributed by atoms with E-state index in [1.54, 1.807) is 11.8 Å². The van der Waals surface area contributed by atoms with Gasteiger partial charge in [0.2, 0.25) is 5.91 Å². The zero-order chi connectivity index (χ0) is 19.0. The molecule has 7 nitrogen and oxygen atoms in total. The number of hydrogen-bond donors (Lipinski definition) is 0. The molecule has 26 heavy (non-hydrogen) atoms. The Morgan fingerprint density at radius 3 is 2.62 bits per heavy atom. The molecule has 3 rings (SSSR count). The molecular formula is C18H28N6OS. The zero-order valence-corrected chi connectivity index (χ0v) is 17.3. The van der Waals surface area contributed by atoms with Crippen LogP contribution in [0.1, 0.15) is 48.6 Å². The summed E-state index contributed by atoms with van der Waals surface area (Å²) in [6.45, 7) is 9.54. The molecule has 2 atom stereocenters. The highest BCUT2D eigenvalue weighted by molar-refractivity contribution is 7.98. The fourth-order valence-corrected chi connectivity index (χ4v) is 4.17. The number of nitrogens with zero attached hydrogens (tertiary/aromatic N) is 6. The number of aromatic nitrogens is 5. The average Bonchev–Trinajstić information content (AvgIpc) is 3.29. The minimum atomic E-state index is -0.124. The van der Waals surface area contributed by atoms with Crippen LogP contribution in [0.3, 0.4) is 0 Å². The normalized spacial score (nSPS) is 18.5. The second-order valence-electron chi connectivity index (χ2n) is 7.17. The first kappa shape index (κ1) is 18.9. The van der Waals surface area contributed by atoms with Gasteiger partial charge in [-0.15, -0.1) is 10.2 Å². The van der Waals surface area contributed by atoms with Crippen molar-refractivity contribution in [1.82, 2.24) is 29.4 Å². The lowest BCUT2D eigenvalue weighted by Gasteiger charge is -2.27. The van der Waals surface area contributed by atoms with E-state index in [-0.39, 0.29) is 17.9 Å². The Morgan fingerprint density at radius 1 is 1.31 bits per heavy atom. The maximum Gasteiger partial charge on any atom is 0.227 e. The van der Waals surface area contributed by atoms with Crippen molar-refractivity contribution in [2.75, 3.05) is 12.8 Å². The molecule has 0 bridgehead atoms. The summed E-state index contributed by atoms with van der Waals surface area (Å²) in [7, 11) is 1.98. The van der Waals surface area contributed by atoms with Crippen LogP contribution in [-0.4, -0.2) is 48.2 Å². The monoisotopic (exact) mass is 376 g/mol. The molecule has 0 saturated carbocycles. The van der Waals surface area contributed by atoms with E-state index < -0.39 is 0 Å². The number of aryl methyl sites for hydroxylation is 1. The molecule has 142 valence electrons. The van der Waals surface area contributed by atoms with E-state index in [0.717, 1.165) is 41.8 Å². The summed E-state index contributed by atoms with van der Waals surface area (Å²) in [5.74, 6) is 0.932. The van der Waals surface area contributed by atoms with Crippen LogP contribution in [0.25, 0.3) is 0 Å². The van der Waals surface area contributed by atoms with Crippen molar-refractivity contribution in [2.24, 2.45) is 13.0 Å². The molecule has 1 saturated heterocycles. The summed E-state index contributed by atoms with van der Waals surface area (Å²) < 4.78 is 3.97. The first-order valence-electron chi connectivity index (χ1n) is 9.09. The Labute approximate surface area is 159 Å². The molecule has 0 unspecified atom stereocenters. The van der Waals surface area contributed by atoms with E-state index in [0.29, 0.717) is 6.54 Å². The van der Waals surface area contributed by atoms with Gasteiger partial charge in [0.25, 0.3) is 0 Å². The molecular weight excluding hydrogens is 348 g/mol. The summed E-state index contributed by atoms with van der Waals surface area (Å²) in [4.78, 5) is 15.1. The second kappa shape index (κ2) is 7.42. The van der Waals surface area contributed by atoms with Crippen LogP contribution in [0.4, 0.5) is 0 Å². The number of rotatable bonds is 5. The summed E-state index contributed by atoms with van der Waals surface area (Å²) in [6.07, 6.45) is 3.94. The molecule has 1 aliphatic heterocycles. The Kier molecular flexibility index (Phi) is 5.41. The third kappa shape index (κ3) is 3.26. The van der Waals surface area contributed by atoms with Gasteiger partial charge in [-0.3, -0.25) is 9.48 Å². The van der Waals surface area contributed by atoms with Gasteiger partial charge in [-0.1, -0.05) is 18.7 Å². The zero-order valence-electron chi connectivity index (χ0n) is 16.5. The molecule has 0 aliphatic carbocycles. The minimum absolute atomic E-state index is 0.0190. The molecule has 2 aromatic rings. The van der Waals surface area contributed by atoms with Crippen LogP contribution >= 0.6 is 11.8 Å². The lowest BCUT2D eigenvalue weighted by Crippen LogP contribution is -2.37. The highest BCUT2D eigenvalue weighted by atomic mass is 32.2. The Bertz CT molecular complexity index is 811. The van der Waals surface area contributed by atoms with E-state index >= 15 is 0 Å². The van der Waals surface area contributed by atoms with Crippen LogP contribution in [0.5, 0.6) is 0 Å². The first-order valence-corrected chi connectivity index (χ1v) is 10.3. The van der Waals surface area contributed by atoms with Gasteiger partial charge in [0.05, 0.1) is 24.2 Å². The Balaban J connectivity index is 1.77. The fraction of sp³-hybridized carbons (Fsp3) is 0.667. The summed E-state index contributed by atoms with van der Waals surface area (Å²) in [6, 6.07) is 0.0190. The van der Waals surface area contributed by atoms with Gasteiger partial charge in [-0.2, -0.15) is 5.10 Å². The van der Waals surface area contributed by atoms with Crippen LogP contribution in [0.15, 0.2) is 5.16 Å². The van der Waals surface area contributed by atoms with Crippen LogP contribution in [0.2, 0.25) is 0 Å². The quantitative estimate of drug-likeness (QED) is 0.751. The number of carbonyl (C=O) groups is 1. The third-order valence-corrected chi connectivity index (χ3v) is 6.22. The lowest BCUT2D eigenvalue weighted by atomic mass is 10.1. The minimum Gasteiger partial charge on any atom is -0.332 e. The third-order valence-electron chi connectivity index (χ3n) is 5.50. The van der Waals surface area contributed by atoms with Crippen molar-refractivity contribution in [3.05, 3.63) is 22.8 Å². The molecule has 0 aromatic carbocycles. The molecule has 2 aromatic heterocycles. The summed E-state index contributed by atoms with van der Waals surface area (Å²) in [5.41, 5.74) is 3.37. The van der Waals surface area contributed by atoms with Crippen LogP contribution < -0.4 is 0 Å². The SMILES string of the molecule is CSc1nnc([C@H]2CCCN2C(=O)[C@H](C)Cn2nc(C)c(C)c2C)n1C. The van der Waals surface area contributed by atoms with E-state index in [2.05, 4.69) is 29.1 Å². The molecule has 8 heteroatoms. The standard InChI is InChI=1S/C18H28N6OS/c1-11(10-24-14(4)12(2)13(3)21-24)17(25)23-9-7-8-15(23)16-19-20-18(26-6)22(16)5/h11,15H,7-10H2,1-6H3/t11-,15-/m1/s1. The molecule has 0 radical (unpaired) electrons. The van der Waals surface area contributed by atoms with Crippen molar-refractivity contribution >= 4 is 17.7 Å². The van der Waals surface area contributed by atoms with E-state index in [4.69, 9.17) is 0 Å². The number of likely N-dealkylation sites (tertiary alicyclic amines) is 1. The average molecular weight is 377 g/mol. The summed E-state index contributed by atoms with van der Waals surface area (Å²) in [5, 5.41) is 14.0. The molecule has 0 spiro atoms. The molecule has 0 N–H and O–H groups in total. The maximum absolute atomic E-state index is 13.1. The number of hydrogen-bond acceptors (Lipinski definition) is 5. The second-order valence-corrected chi connectivity index (χ2v) is 7.95. The number of carbonyl (C=O) groups excluding carboxylic acids is 1. The predicted molar refractivity (Wildman–Crippen MR) is 102 cm³/mol. The Hall–Kier alpha value is -1.83. The van der Waals surface area contributed by atoms with Gasteiger partial charge in [0, 0.05) is 19.3 Å². The predicted octanol–water partition coefficient (Wildman–Crippen LogP) is 2.66. The van der Waals surface area contributed by atoms with Gasteiger partial charge in [-0.25, -0.2) is 0 Å². The number of thioether (sulfide) groups is 1. The highest BCUT2D eigenvalue weighted by Crippen LogP contribution is 2.33. The van der Waals surface area contributed by atoms with Gasteiger partial charge >= 0.3 is 0 Å². The smallest absolute Gasteiger partial charge is 0.227 e. The van der Waals surface area contributed by atoms with E-state index in [1.165, 1.54) is 5.56 Å². The fourth-order valence-electron chi connectivity index (χ4n) is 3.68. The van der Waals surface area contributed by atoms with Gasteiger partial charge in [0.15, 0.2) is 11.0 Å². The molecule has 1 amide bonds. The van der Waals surface area contributed by atoms with E-state index in [1.807, 2.05) is 41.3 Å². The van der Waals surface area contributed by atoms with Crippen molar-refractivity contribution in [3.63, 3.8) is 0 Å². The molecule has 1 fully saturated rings. The van der Waals surface area contributed by atoms with Crippen molar-refractivity contribution in [1.29, 1.82) is 0 Å². The van der Waals surface area contributed by atoms with Crippen LogP contribution in [0, 0.1) is 26.7 Å². The van der Waals surface area contributed by atoms with Gasteiger partial charge in [0.1, 0.15) is 0 Å². The van der Waals surface area contributed by atoms with Crippen molar-refractivity contribution < 1.29 is 4.79 Å². The molecule has 3 heterocycles. The maximum atomic E-state index is 13.1. The van der Waals surface area contributed by atoms with Crippen molar-refractivity contribution in [2.45, 2.75) is 58.3 Å². The van der Waals surface area contributed by atoms with Crippen LogP contribution in [-0.2, 0) is 18.4 Å². The first-order chi connectivity index (χ1) is 12.3. The van der Waals surface area contributed by atoms with E-state index in [9.17, 15) is 4.79 Å². The van der Waals surface area contributed by atoms with Crippen molar-refractivity contribution in [3.8, 4) is 0 Å². The topological polar surface area (TPSA) is 68.8 Å². The van der Waals surface area contributed by atoms with Gasteiger partial charge < -0.3 is 9.47 Å². The number of amides is 1. The highest BCUT2D eigenvalue weighted by Gasteiger charge is 2.35. The lowest BCUT2D eigenvalue weighted by molar-refractivity contribution is -0.136. The van der Waals surface area contributed by atoms with Gasteiger partial charge in [-0.05, 0) is 45.4 Å². The summed E-state index contributed by atoms with van der Waals surface area (Å²) >= 11 is 1.57. The Morgan fingerprint density at radius 2 is 2.04 bits per heavy atom. The largest absolute Gasteiger partial charge is 0.332 e. The molecule has 1 aliphatic rings.